The van der Waals surface area contributed by atoms with Gasteiger partial charge in [0.2, 0.25) is 0 Å². The number of aromatic amines is 1. The quantitative estimate of drug-likeness (QED) is 0.722. The highest BCUT2D eigenvalue weighted by atomic mass is 79.9. The second-order valence-electron chi connectivity index (χ2n) is 4.48. The summed E-state index contributed by atoms with van der Waals surface area (Å²) in [5.74, 6) is 1.52. The Morgan fingerprint density at radius 3 is 2.86 bits per heavy atom. The number of halogens is 2. The summed E-state index contributed by atoms with van der Waals surface area (Å²) >= 11 is 10.8. The Kier molecular flexibility index (Phi) is 4.23. The third-order valence-corrected chi connectivity index (χ3v) is 4.78. The van der Waals surface area contributed by atoms with E-state index in [1.165, 1.54) is 11.3 Å². The van der Waals surface area contributed by atoms with E-state index < -0.39 is 0 Å². The zero-order chi connectivity index (χ0) is 14.8. The van der Waals surface area contributed by atoms with Gasteiger partial charge in [-0.15, -0.1) is 11.3 Å². The molecule has 0 bridgehead atoms. The number of hydrogen-bond acceptors (Lipinski definition) is 5. The lowest BCUT2D eigenvalue weighted by Gasteiger charge is -2.00. The highest BCUT2D eigenvalue weighted by molar-refractivity contribution is 9.10. The lowest BCUT2D eigenvalue weighted by molar-refractivity contribution is 0.946. The smallest absolute Gasteiger partial charge is 0.180 e. The van der Waals surface area contributed by atoms with Crippen LogP contribution in [0.1, 0.15) is 22.9 Å². The molecule has 2 heterocycles. The van der Waals surface area contributed by atoms with Crippen molar-refractivity contribution in [1.29, 1.82) is 0 Å². The fourth-order valence-electron chi connectivity index (χ4n) is 1.90. The molecule has 3 rings (SSSR count). The number of aromatic nitrogens is 4. The molecule has 0 atom stereocenters. The van der Waals surface area contributed by atoms with Crippen LogP contribution in [0.3, 0.4) is 0 Å². The largest absolute Gasteiger partial charge is 0.375 e. The second kappa shape index (κ2) is 6.13. The fraction of sp³-hybridized carbons (Fsp3) is 0.154. The van der Waals surface area contributed by atoms with Crippen molar-refractivity contribution in [2.75, 3.05) is 5.73 Å². The van der Waals surface area contributed by atoms with E-state index in [1.54, 1.807) is 0 Å². The second-order valence-corrected chi connectivity index (χ2v) is 6.63. The molecule has 3 aromatic rings. The van der Waals surface area contributed by atoms with Gasteiger partial charge in [0.1, 0.15) is 5.82 Å². The summed E-state index contributed by atoms with van der Waals surface area (Å²) < 4.78 is 0.874. The number of hydrogen-bond donors (Lipinski definition) is 2. The first-order valence-corrected chi connectivity index (χ1v) is 8.19. The van der Waals surface area contributed by atoms with Gasteiger partial charge in [-0.05, 0) is 33.6 Å². The van der Waals surface area contributed by atoms with Gasteiger partial charge >= 0.3 is 0 Å². The van der Waals surface area contributed by atoms with E-state index in [0.29, 0.717) is 28.8 Å². The molecule has 108 valence electrons. The van der Waals surface area contributed by atoms with Gasteiger partial charge in [0, 0.05) is 16.3 Å². The maximum absolute atomic E-state index is 5.98. The highest BCUT2D eigenvalue weighted by Crippen LogP contribution is 2.24. The van der Waals surface area contributed by atoms with E-state index in [2.05, 4.69) is 36.1 Å². The molecule has 8 heteroatoms. The van der Waals surface area contributed by atoms with Gasteiger partial charge in [0.15, 0.2) is 11.0 Å². The van der Waals surface area contributed by atoms with Crippen LogP contribution in [0.4, 0.5) is 5.13 Å². The van der Waals surface area contributed by atoms with E-state index in [1.807, 2.05) is 23.6 Å². The lowest BCUT2D eigenvalue weighted by atomic mass is 10.1. The highest BCUT2D eigenvalue weighted by Gasteiger charge is 2.08. The third kappa shape index (κ3) is 3.61. The van der Waals surface area contributed by atoms with Crippen LogP contribution in [0.5, 0.6) is 0 Å². The molecule has 1 aromatic carbocycles. The van der Waals surface area contributed by atoms with E-state index in [-0.39, 0.29) is 0 Å². The maximum atomic E-state index is 5.98. The Morgan fingerprint density at radius 2 is 2.14 bits per heavy atom. The van der Waals surface area contributed by atoms with Crippen LogP contribution in [0.25, 0.3) is 0 Å². The number of nitrogens with zero attached hydrogens (tertiary/aromatic N) is 3. The van der Waals surface area contributed by atoms with Crippen LogP contribution in [0.2, 0.25) is 5.02 Å². The third-order valence-electron chi connectivity index (χ3n) is 2.84. The summed E-state index contributed by atoms with van der Waals surface area (Å²) in [6.07, 6.45) is 1.25. The minimum absolute atomic E-state index is 0.562. The van der Waals surface area contributed by atoms with E-state index in [0.717, 1.165) is 21.6 Å². The van der Waals surface area contributed by atoms with Crippen molar-refractivity contribution in [2.24, 2.45) is 0 Å². The van der Waals surface area contributed by atoms with Crippen molar-refractivity contribution in [3.8, 4) is 0 Å². The van der Waals surface area contributed by atoms with Crippen molar-refractivity contribution in [1.82, 2.24) is 20.2 Å². The first-order chi connectivity index (χ1) is 10.1. The minimum Gasteiger partial charge on any atom is -0.375 e. The number of rotatable bonds is 4. The first-order valence-electron chi connectivity index (χ1n) is 6.14. The van der Waals surface area contributed by atoms with E-state index in [4.69, 9.17) is 17.3 Å². The van der Waals surface area contributed by atoms with E-state index in [9.17, 15) is 0 Å². The van der Waals surface area contributed by atoms with Gasteiger partial charge in [0.05, 0.1) is 17.1 Å². The Balaban J connectivity index is 1.71. The molecule has 0 amide bonds. The number of anilines is 1. The average molecular weight is 385 g/mol. The average Bonchev–Trinajstić information content (AvgIpc) is 3.04. The zero-order valence-corrected chi connectivity index (χ0v) is 14.0. The van der Waals surface area contributed by atoms with Gasteiger partial charge < -0.3 is 5.73 Å². The van der Waals surface area contributed by atoms with Crippen molar-refractivity contribution >= 4 is 44.0 Å². The minimum atomic E-state index is 0.562. The Morgan fingerprint density at radius 1 is 1.29 bits per heavy atom. The van der Waals surface area contributed by atoms with Gasteiger partial charge in [-0.3, -0.25) is 5.10 Å². The molecule has 0 aliphatic carbocycles. The van der Waals surface area contributed by atoms with Gasteiger partial charge in [0.25, 0.3) is 0 Å². The standard InChI is InChI=1S/C13H11BrClN5S/c14-9-3-7(1-2-10(9)15)4-11-18-12(20-19-11)5-8-6-21-13(16)17-8/h1-3,6H,4-5H2,(H2,16,17)(H,18,19,20). The molecular formula is C13H11BrClN5S. The van der Waals surface area contributed by atoms with Crippen LogP contribution in [-0.2, 0) is 12.8 Å². The SMILES string of the molecule is Nc1nc(Cc2n[nH]c(Cc3ccc(Cl)c(Br)c3)n2)cs1. The summed E-state index contributed by atoms with van der Waals surface area (Å²) in [5, 5.41) is 10.3. The topological polar surface area (TPSA) is 80.5 Å². The summed E-state index contributed by atoms with van der Waals surface area (Å²) in [4.78, 5) is 8.67. The van der Waals surface area contributed by atoms with Crippen molar-refractivity contribution in [3.63, 3.8) is 0 Å². The molecule has 21 heavy (non-hydrogen) atoms. The van der Waals surface area contributed by atoms with Crippen molar-refractivity contribution in [3.05, 3.63) is 56.0 Å². The molecule has 0 saturated carbocycles. The molecule has 0 unspecified atom stereocenters. The molecule has 0 saturated heterocycles. The molecule has 2 aromatic heterocycles. The Bertz CT molecular complexity index is 770. The number of nitrogens with one attached hydrogen (secondary N) is 1. The fourth-order valence-corrected chi connectivity index (χ4v) is 3.01. The molecule has 0 fully saturated rings. The monoisotopic (exact) mass is 383 g/mol. The van der Waals surface area contributed by atoms with Gasteiger partial charge in [-0.25, -0.2) is 9.97 Å². The predicted octanol–water partition coefficient (Wildman–Crippen LogP) is 3.44. The van der Waals surface area contributed by atoms with Crippen LogP contribution in [0, 0.1) is 0 Å². The van der Waals surface area contributed by atoms with Crippen LogP contribution >= 0.6 is 38.9 Å². The van der Waals surface area contributed by atoms with E-state index >= 15 is 0 Å². The lowest BCUT2D eigenvalue weighted by Crippen LogP contribution is -1.93. The van der Waals surface area contributed by atoms with Crippen LogP contribution in [0.15, 0.2) is 28.1 Å². The molecule has 3 N–H and O–H groups in total. The molecule has 0 radical (unpaired) electrons. The molecular weight excluding hydrogens is 374 g/mol. The molecule has 5 nitrogen and oxygen atoms in total. The zero-order valence-electron chi connectivity index (χ0n) is 10.8. The first kappa shape index (κ1) is 14.5. The number of nitrogen functional groups attached to an aromatic ring is 1. The number of benzene rings is 1. The normalized spacial score (nSPS) is 11.0. The maximum Gasteiger partial charge on any atom is 0.180 e. The van der Waals surface area contributed by atoms with Crippen molar-refractivity contribution < 1.29 is 0 Å². The molecule has 0 spiro atoms. The van der Waals surface area contributed by atoms with Gasteiger partial charge in [-0.1, -0.05) is 17.7 Å². The molecule has 0 aliphatic heterocycles. The van der Waals surface area contributed by atoms with Crippen LogP contribution in [-0.4, -0.2) is 20.2 Å². The number of nitrogens with two attached hydrogens (primary N) is 1. The Labute approximate surface area is 138 Å². The predicted molar refractivity (Wildman–Crippen MR) is 87.7 cm³/mol. The number of H-pyrrole nitrogens is 1. The number of thiazole rings is 1. The summed E-state index contributed by atoms with van der Waals surface area (Å²) in [6, 6.07) is 5.80. The van der Waals surface area contributed by atoms with Crippen LogP contribution < -0.4 is 5.73 Å². The van der Waals surface area contributed by atoms with Crippen molar-refractivity contribution in [2.45, 2.75) is 12.8 Å². The summed E-state index contributed by atoms with van der Waals surface area (Å²) in [7, 11) is 0. The Hall–Kier alpha value is -1.44. The van der Waals surface area contributed by atoms with Gasteiger partial charge in [-0.2, -0.15) is 5.10 Å². The summed E-state index contributed by atoms with van der Waals surface area (Å²) in [6.45, 7) is 0. The molecule has 0 aliphatic rings. The summed E-state index contributed by atoms with van der Waals surface area (Å²) in [5.41, 5.74) is 7.60.